The van der Waals surface area contributed by atoms with Gasteiger partial charge in [0.1, 0.15) is 6.04 Å². The first-order valence-electron chi connectivity index (χ1n) is 4.99. The third kappa shape index (κ3) is 3.66. The van der Waals surface area contributed by atoms with Gasteiger partial charge in [-0.2, -0.15) is 13.2 Å². The van der Waals surface area contributed by atoms with Crippen LogP contribution in [0.15, 0.2) is 18.2 Å². The molecule has 1 atom stereocenters. The number of nitrogens with one attached hydrogen (secondary N) is 1. The molecular weight excluding hydrogens is 241 g/mol. The predicted octanol–water partition coefficient (Wildman–Crippen LogP) is 3.57. The molecule has 0 saturated carbocycles. The van der Waals surface area contributed by atoms with Crippen molar-refractivity contribution in [2.45, 2.75) is 32.1 Å². The Morgan fingerprint density at radius 1 is 1.06 bits per heavy atom. The molecule has 0 aliphatic rings. The summed E-state index contributed by atoms with van der Waals surface area (Å²) < 4.78 is 63.7. The Bertz CT molecular complexity index is 386. The van der Waals surface area contributed by atoms with Crippen molar-refractivity contribution in [2.24, 2.45) is 0 Å². The predicted molar refractivity (Wildman–Crippen MR) is 53.4 cm³/mol. The van der Waals surface area contributed by atoms with Crippen LogP contribution in [0.4, 0.5) is 22.0 Å². The summed E-state index contributed by atoms with van der Waals surface area (Å²) in [5.74, 6) is -2.46. The Kier molecular flexibility index (Phi) is 4.08. The Hall–Kier alpha value is -1.17. The van der Waals surface area contributed by atoms with Gasteiger partial charge in [0.15, 0.2) is 11.6 Å². The van der Waals surface area contributed by atoms with Crippen LogP contribution < -0.4 is 5.32 Å². The van der Waals surface area contributed by atoms with Crippen LogP contribution in [0.5, 0.6) is 0 Å². The maximum absolute atomic E-state index is 12.9. The van der Waals surface area contributed by atoms with Crippen molar-refractivity contribution in [3.63, 3.8) is 0 Å². The van der Waals surface area contributed by atoms with E-state index in [-0.39, 0.29) is 5.56 Å². The monoisotopic (exact) mass is 253 g/mol. The summed E-state index contributed by atoms with van der Waals surface area (Å²) in [6, 6.07) is -0.271. The van der Waals surface area contributed by atoms with Gasteiger partial charge < -0.3 is 5.32 Å². The fourth-order valence-electron chi connectivity index (χ4n) is 1.40. The van der Waals surface area contributed by atoms with Crippen LogP contribution in [0.2, 0.25) is 0 Å². The van der Waals surface area contributed by atoms with Crippen LogP contribution in [0.25, 0.3) is 0 Å². The Morgan fingerprint density at radius 2 is 1.65 bits per heavy atom. The lowest BCUT2D eigenvalue weighted by Gasteiger charge is -2.24. The molecule has 1 N–H and O–H groups in total. The molecule has 0 aromatic heterocycles. The van der Waals surface area contributed by atoms with E-state index in [0.717, 1.165) is 6.07 Å². The quantitative estimate of drug-likeness (QED) is 0.812. The molecule has 0 bridgehead atoms. The van der Waals surface area contributed by atoms with Crippen LogP contribution in [0.1, 0.15) is 25.5 Å². The SMILES string of the molecule is CC(C)NC(c1ccc(F)c(F)c1)C(F)(F)F. The fraction of sp³-hybridized carbons (Fsp3) is 0.455. The number of hydrogen-bond acceptors (Lipinski definition) is 1. The van der Waals surface area contributed by atoms with E-state index in [4.69, 9.17) is 0 Å². The van der Waals surface area contributed by atoms with E-state index in [1.807, 2.05) is 0 Å². The highest BCUT2D eigenvalue weighted by Crippen LogP contribution is 2.33. The third-order valence-electron chi connectivity index (χ3n) is 2.10. The van der Waals surface area contributed by atoms with Crippen molar-refractivity contribution in [3.8, 4) is 0 Å². The van der Waals surface area contributed by atoms with Crippen molar-refractivity contribution in [1.82, 2.24) is 5.32 Å². The molecular formula is C11H12F5N. The highest BCUT2D eigenvalue weighted by atomic mass is 19.4. The first-order chi connectivity index (χ1) is 7.71. The summed E-state index contributed by atoms with van der Waals surface area (Å²) in [6.07, 6.45) is -4.56. The summed E-state index contributed by atoms with van der Waals surface area (Å²) >= 11 is 0. The zero-order valence-corrected chi connectivity index (χ0v) is 9.28. The third-order valence-corrected chi connectivity index (χ3v) is 2.10. The number of benzene rings is 1. The lowest BCUT2D eigenvalue weighted by molar-refractivity contribution is -0.159. The van der Waals surface area contributed by atoms with Gasteiger partial charge in [-0.05, 0) is 17.7 Å². The molecule has 0 amide bonds. The molecule has 1 unspecified atom stereocenters. The van der Waals surface area contributed by atoms with Gasteiger partial charge in [0.25, 0.3) is 0 Å². The van der Waals surface area contributed by atoms with Crippen molar-refractivity contribution >= 4 is 0 Å². The summed E-state index contributed by atoms with van der Waals surface area (Å²) in [5.41, 5.74) is -0.342. The second-order valence-corrected chi connectivity index (χ2v) is 3.97. The fourth-order valence-corrected chi connectivity index (χ4v) is 1.40. The standard InChI is InChI=1S/C11H12F5N/c1-6(2)17-10(11(14,15)16)7-3-4-8(12)9(13)5-7/h3-6,10,17H,1-2H3. The summed E-state index contributed by atoms with van der Waals surface area (Å²) in [4.78, 5) is 0. The second-order valence-electron chi connectivity index (χ2n) is 3.97. The average molecular weight is 253 g/mol. The molecule has 17 heavy (non-hydrogen) atoms. The second kappa shape index (κ2) is 5.00. The lowest BCUT2D eigenvalue weighted by atomic mass is 10.1. The minimum absolute atomic E-state index is 0.342. The molecule has 6 heteroatoms. The van der Waals surface area contributed by atoms with E-state index < -0.39 is 29.9 Å². The molecule has 0 spiro atoms. The van der Waals surface area contributed by atoms with Gasteiger partial charge in [-0.15, -0.1) is 0 Å². The van der Waals surface area contributed by atoms with Crippen LogP contribution in [-0.4, -0.2) is 12.2 Å². The van der Waals surface area contributed by atoms with E-state index in [1.165, 1.54) is 0 Å². The first-order valence-corrected chi connectivity index (χ1v) is 4.99. The highest BCUT2D eigenvalue weighted by Gasteiger charge is 2.41. The zero-order chi connectivity index (χ0) is 13.2. The van der Waals surface area contributed by atoms with Crippen molar-refractivity contribution in [1.29, 1.82) is 0 Å². The normalized spacial score (nSPS) is 14.1. The molecule has 0 radical (unpaired) electrons. The van der Waals surface area contributed by atoms with Crippen molar-refractivity contribution < 1.29 is 22.0 Å². The molecule has 1 aromatic carbocycles. The minimum Gasteiger partial charge on any atom is -0.300 e. The van der Waals surface area contributed by atoms with Crippen molar-refractivity contribution in [2.75, 3.05) is 0 Å². The highest BCUT2D eigenvalue weighted by molar-refractivity contribution is 5.22. The lowest BCUT2D eigenvalue weighted by Crippen LogP contribution is -2.38. The summed E-state index contributed by atoms with van der Waals surface area (Å²) in [6.45, 7) is 3.08. The molecule has 0 fully saturated rings. The molecule has 0 aliphatic heterocycles. The van der Waals surface area contributed by atoms with Gasteiger partial charge >= 0.3 is 6.18 Å². The largest absolute Gasteiger partial charge is 0.407 e. The Balaban J connectivity index is 3.09. The van der Waals surface area contributed by atoms with Gasteiger partial charge in [-0.3, -0.25) is 0 Å². The van der Waals surface area contributed by atoms with Crippen LogP contribution in [0.3, 0.4) is 0 Å². The summed E-state index contributed by atoms with van der Waals surface area (Å²) in [7, 11) is 0. The number of halogens is 5. The first kappa shape index (κ1) is 13.9. The summed E-state index contributed by atoms with van der Waals surface area (Å²) in [5, 5.41) is 2.27. The van der Waals surface area contributed by atoms with E-state index in [0.29, 0.717) is 12.1 Å². The average Bonchev–Trinajstić information content (AvgIpc) is 2.17. The number of rotatable bonds is 3. The molecule has 1 nitrogen and oxygen atoms in total. The Morgan fingerprint density at radius 3 is 2.06 bits per heavy atom. The van der Waals surface area contributed by atoms with Crippen molar-refractivity contribution in [3.05, 3.63) is 35.4 Å². The smallest absolute Gasteiger partial charge is 0.300 e. The van der Waals surface area contributed by atoms with E-state index in [2.05, 4.69) is 5.32 Å². The van der Waals surface area contributed by atoms with Gasteiger partial charge in [-0.25, -0.2) is 8.78 Å². The van der Waals surface area contributed by atoms with Crippen LogP contribution in [-0.2, 0) is 0 Å². The zero-order valence-electron chi connectivity index (χ0n) is 9.28. The van der Waals surface area contributed by atoms with Gasteiger partial charge in [-0.1, -0.05) is 19.9 Å². The Labute approximate surface area is 95.6 Å². The van der Waals surface area contributed by atoms with E-state index in [1.54, 1.807) is 13.8 Å². The van der Waals surface area contributed by atoms with Gasteiger partial charge in [0.05, 0.1) is 0 Å². The van der Waals surface area contributed by atoms with E-state index >= 15 is 0 Å². The number of hydrogen-bond donors (Lipinski definition) is 1. The maximum atomic E-state index is 12.9. The number of alkyl halides is 3. The molecule has 0 saturated heterocycles. The minimum atomic E-state index is -4.56. The molecule has 1 aromatic rings. The maximum Gasteiger partial charge on any atom is 0.407 e. The van der Waals surface area contributed by atoms with Gasteiger partial charge in [0, 0.05) is 6.04 Å². The van der Waals surface area contributed by atoms with Crippen LogP contribution in [0, 0.1) is 11.6 Å². The van der Waals surface area contributed by atoms with Crippen LogP contribution >= 0.6 is 0 Å². The molecule has 0 heterocycles. The molecule has 0 aliphatic carbocycles. The van der Waals surface area contributed by atoms with Gasteiger partial charge in [0.2, 0.25) is 0 Å². The topological polar surface area (TPSA) is 12.0 Å². The molecule has 96 valence electrons. The molecule has 1 rings (SSSR count). The van der Waals surface area contributed by atoms with E-state index in [9.17, 15) is 22.0 Å².